The molecule has 3 amide bonds. The van der Waals surface area contributed by atoms with Crippen LogP contribution in [0.25, 0.3) is 0 Å². The van der Waals surface area contributed by atoms with E-state index in [1.54, 1.807) is 12.1 Å². The second-order valence-corrected chi connectivity index (χ2v) is 8.51. The van der Waals surface area contributed by atoms with Crippen molar-refractivity contribution in [3.63, 3.8) is 0 Å². The number of pyridine rings is 1. The standard InChI is InChI=1S/C25H29FN6O8/c26-17-7-4-15(5-8-17)13-29-32-20-10-6-16(14-28-20)22(35)27-12-2-1-3-18(23(36)37)30-25(40)31-19(24(38)39)9-11-21(33)34/h4-8,10,14,18-19H,1-3,9,11-13H2,(H,27,35)(H,33,34)(H,36,37)(H,38,39)(H2,30,31,40). The van der Waals surface area contributed by atoms with E-state index in [-0.39, 0.29) is 43.1 Å². The van der Waals surface area contributed by atoms with Crippen molar-refractivity contribution in [1.82, 2.24) is 20.9 Å². The first-order chi connectivity index (χ1) is 19.0. The van der Waals surface area contributed by atoms with Crippen LogP contribution in [0.4, 0.5) is 15.0 Å². The van der Waals surface area contributed by atoms with E-state index in [1.165, 1.54) is 30.5 Å². The minimum Gasteiger partial charge on any atom is -0.481 e. The highest BCUT2D eigenvalue weighted by atomic mass is 19.1. The molecule has 0 aliphatic heterocycles. The number of nitrogens with zero attached hydrogens (tertiary/aromatic N) is 3. The fraction of sp³-hybridized carbons (Fsp3) is 0.360. The molecule has 214 valence electrons. The molecule has 2 aromatic rings. The van der Waals surface area contributed by atoms with Crippen LogP contribution in [0.2, 0.25) is 0 Å². The molecule has 0 radical (unpaired) electrons. The van der Waals surface area contributed by atoms with Crippen LogP contribution in [-0.4, -0.2) is 68.8 Å². The van der Waals surface area contributed by atoms with Crippen molar-refractivity contribution >= 4 is 35.7 Å². The van der Waals surface area contributed by atoms with Crippen LogP contribution >= 0.6 is 0 Å². The van der Waals surface area contributed by atoms with Crippen molar-refractivity contribution in [1.29, 1.82) is 0 Å². The number of amides is 3. The number of urea groups is 1. The molecule has 40 heavy (non-hydrogen) atoms. The Labute approximate surface area is 227 Å². The molecular weight excluding hydrogens is 531 g/mol. The molecule has 1 aromatic heterocycles. The van der Waals surface area contributed by atoms with E-state index in [0.29, 0.717) is 12.8 Å². The van der Waals surface area contributed by atoms with Gasteiger partial charge in [-0.3, -0.25) is 9.59 Å². The topological polar surface area (TPSA) is 220 Å². The van der Waals surface area contributed by atoms with E-state index < -0.39 is 48.4 Å². The number of unbranched alkanes of at least 4 members (excludes halogenated alkanes) is 1. The fourth-order valence-electron chi connectivity index (χ4n) is 3.28. The lowest BCUT2D eigenvalue weighted by Crippen LogP contribution is -2.51. The molecule has 0 saturated carbocycles. The van der Waals surface area contributed by atoms with Gasteiger partial charge < -0.3 is 31.3 Å². The minimum atomic E-state index is -1.49. The molecule has 0 aliphatic rings. The quantitative estimate of drug-likeness (QED) is 0.131. The summed E-state index contributed by atoms with van der Waals surface area (Å²) in [6.07, 6.45) is 1.17. The first-order valence-corrected chi connectivity index (χ1v) is 12.2. The molecule has 2 rings (SSSR count). The molecule has 14 nitrogen and oxygen atoms in total. The maximum atomic E-state index is 12.9. The van der Waals surface area contributed by atoms with E-state index in [0.717, 1.165) is 5.56 Å². The molecular formula is C25H29FN6O8. The summed E-state index contributed by atoms with van der Waals surface area (Å²) in [6.45, 7) is 0.454. The average molecular weight is 561 g/mol. The summed E-state index contributed by atoms with van der Waals surface area (Å²) >= 11 is 0. The predicted octanol–water partition coefficient (Wildman–Crippen LogP) is 2.48. The second-order valence-electron chi connectivity index (χ2n) is 8.51. The summed E-state index contributed by atoms with van der Waals surface area (Å²) in [6, 6.07) is 4.99. The third-order valence-corrected chi connectivity index (χ3v) is 5.41. The number of nitrogens with one attached hydrogen (secondary N) is 3. The van der Waals surface area contributed by atoms with Crippen LogP contribution in [0.3, 0.4) is 0 Å². The summed E-state index contributed by atoms with van der Waals surface area (Å²) in [5, 5.41) is 41.9. The molecule has 1 heterocycles. The molecule has 2 atom stereocenters. The van der Waals surface area contributed by atoms with Crippen LogP contribution in [0.5, 0.6) is 0 Å². The summed E-state index contributed by atoms with van der Waals surface area (Å²) in [5.74, 6) is -4.49. The Hall–Kier alpha value is -4.95. The molecule has 0 aliphatic carbocycles. The van der Waals surface area contributed by atoms with E-state index >= 15 is 0 Å². The van der Waals surface area contributed by atoms with Gasteiger partial charge in [0.05, 0.1) is 12.1 Å². The first kappa shape index (κ1) is 31.3. The van der Waals surface area contributed by atoms with Crippen LogP contribution in [-0.2, 0) is 20.9 Å². The number of azo groups is 1. The van der Waals surface area contributed by atoms with Gasteiger partial charge in [-0.05, 0) is 55.5 Å². The van der Waals surface area contributed by atoms with Gasteiger partial charge >= 0.3 is 23.9 Å². The highest BCUT2D eigenvalue weighted by Crippen LogP contribution is 2.11. The van der Waals surface area contributed by atoms with Crippen molar-refractivity contribution in [3.05, 3.63) is 59.5 Å². The lowest BCUT2D eigenvalue weighted by atomic mass is 10.1. The molecule has 0 fully saturated rings. The summed E-state index contributed by atoms with van der Waals surface area (Å²) in [7, 11) is 0. The van der Waals surface area contributed by atoms with Crippen molar-refractivity contribution in [2.45, 2.75) is 50.7 Å². The van der Waals surface area contributed by atoms with Gasteiger partial charge in [-0.1, -0.05) is 12.1 Å². The first-order valence-electron chi connectivity index (χ1n) is 12.2. The minimum absolute atomic E-state index is 0.00463. The van der Waals surface area contributed by atoms with Gasteiger partial charge in [0.2, 0.25) is 0 Å². The summed E-state index contributed by atoms with van der Waals surface area (Å²) in [5.41, 5.74) is 1.05. The number of carbonyl (C=O) groups excluding carboxylic acids is 2. The summed E-state index contributed by atoms with van der Waals surface area (Å²) < 4.78 is 12.9. The Bertz CT molecular complexity index is 1210. The maximum absolute atomic E-state index is 12.9. The van der Waals surface area contributed by atoms with Gasteiger partial charge in [0.25, 0.3) is 5.91 Å². The highest BCUT2D eigenvalue weighted by molar-refractivity contribution is 5.94. The number of hydrogen-bond donors (Lipinski definition) is 6. The van der Waals surface area contributed by atoms with Gasteiger partial charge in [0.15, 0.2) is 5.82 Å². The Kier molecular flexibility index (Phi) is 12.6. The summed E-state index contributed by atoms with van der Waals surface area (Å²) in [4.78, 5) is 61.7. The molecule has 2 unspecified atom stereocenters. The van der Waals surface area contributed by atoms with Crippen LogP contribution in [0.1, 0.15) is 48.0 Å². The predicted molar refractivity (Wildman–Crippen MR) is 136 cm³/mol. The number of carboxylic acid groups (broad SMARTS) is 3. The zero-order valence-corrected chi connectivity index (χ0v) is 21.2. The van der Waals surface area contributed by atoms with E-state index in [4.69, 9.17) is 10.2 Å². The molecule has 0 saturated heterocycles. The normalized spacial score (nSPS) is 12.3. The lowest BCUT2D eigenvalue weighted by molar-refractivity contribution is -0.140. The van der Waals surface area contributed by atoms with E-state index in [1.807, 2.05) is 0 Å². The van der Waals surface area contributed by atoms with Gasteiger partial charge in [-0.2, -0.15) is 5.11 Å². The largest absolute Gasteiger partial charge is 0.481 e. The zero-order valence-electron chi connectivity index (χ0n) is 21.2. The Morgan fingerprint density at radius 1 is 0.875 bits per heavy atom. The van der Waals surface area contributed by atoms with Gasteiger partial charge in [-0.25, -0.2) is 23.8 Å². The number of hydrogen-bond acceptors (Lipinski definition) is 8. The fourth-order valence-corrected chi connectivity index (χ4v) is 3.28. The Morgan fingerprint density at radius 2 is 1.52 bits per heavy atom. The monoisotopic (exact) mass is 560 g/mol. The van der Waals surface area contributed by atoms with Gasteiger partial charge in [0.1, 0.15) is 17.9 Å². The van der Waals surface area contributed by atoms with Crippen molar-refractivity contribution in [3.8, 4) is 0 Å². The molecule has 6 N–H and O–H groups in total. The van der Waals surface area contributed by atoms with Gasteiger partial charge in [-0.15, -0.1) is 5.11 Å². The molecule has 0 spiro atoms. The highest BCUT2D eigenvalue weighted by Gasteiger charge is 2.24. The van der Waals surface area contributed by atoms with Gasteiger partial charge in [0, 0.05) is 19.2 Å². The number of aromatic nitrogens is 1. The number of halogens is 1. The zero-order chi connectivity index (χ0) is 29.5. The van der Waals surface area contributed by atoms with Crippen molar-refractivity contribution in [2.24, 2.45) is 10.2 Å². The number of benzene rings is 1. The average Bonchev–Trinajstić information content (AvgIpc) is 2.91. The van der Waals surface area contributed by atoms with E-state index in [2.05, 4.69) is 31.2 Å². The number of carboxylic acids is 3. The lowest BCUT2D eigenvalue weighted by Gasteiger charge is -2.18. The Balaban J connectivity index is 1.72. The number of aliphatic carboxylic acids is 3. The van der Waals surface area contributed by atoms with Crippen molar-refractivity contribution < 1.29 is 43.7 Å². The second kappa shape index (κ2) is 16.1. The SMILES string of the molecule is O=C(O)CCC(NC(=O)NC(CCCCNC(=O)c1ccc(N=NCc2ccc(F)cc2)nc1)C(=O)O)C(=O)O. The van der Waals surface area contributed by atoms with E-state index in [9.17, 15) is 33.5 Å². The Morgan fingerprint density at radius 3 is 2.10 bits per heavy atom. The third kappa shape index (κ3) is 11.6. The molecule has 1 aromatic carbocycles. The molecule has 0 bridgehead atoms. The van der Waals surface area contributed by atoms with Crippen molar-refractivity contribution in [2.75, 3.05) is 6.54 Å². The van der Waals surface area contributed by atoms with Crippen LogP contribution in [0.15, 0.2) is 52.8 Å². The van der Waals surface area contributed by atoms with Crippen LogP contribution < -0.4 is 16.0 Å². The third-order valence-electron chi connectivity index (χ3n) is 5.41. The number of rotatable bonds is 16. The van der Waals surface area contributed by atoms with Crippen LogP contribution in [0, 0.1) is 5.82 Å². The molecule has 15 heteroatoms. The number of carbonyl (C=O) groups is 5. The smallest absolute Gasteiger partial charge is 0.326 e. The maximum Gasteiger partial charge on any atom is 0.326 e.